The maximum atomic E-state index is 12.7. The predicted molar refractivity (Wildman–Crippen MR) is 82.1 cm³/mol. The van der Waals surface area contributed by atoms with Crippen LogP contribution in [-0.4, -0.2) is 44.9 Å². The molecule has 1 aliphatic rings. The molecule has 1 aromatic heterocycles. The summed E-state index contributed by atoms with van der Waals surface area (Å²) in [6, 6.07) is 4.61. The number of amides is 1. The van der Waals surface area contributed by atoms with E-state index in [1.165, 1.54) is 18.3 Å². The summed E-state index contributed by atoms with van der Waals surface area (Å²) < 4.78 is 39.4. The van der Waals surface area contributed by atoms with Gasteiger partial charge in [-0.15, -0.1) is 17.5 Å². The second kappa shape index (κ2) is 6.78. The molecule has 0 unspecified atom stereocenters. The Kier molecular flexibility index (Phi) is 5.14. The van der Waals surface area contributed by atoms with Crippen LogP contribution >= 0.6 is 12.4 Å². The average molecular weight is 362 g/mol. The molecule has 1 aromatic carbocycles. The van der Waals surface area contributed by atoms with Crippen LogP contribution < -0.4 is 5.73 Å². The van der Waals surface area contributed by atoms with E-state index in [1.807, 2.05) is 0 Å². The molecule has 0 aliphatic carbocycles. The molecule has 1 saturated heterocycles. The number of alkyl halides is 3. The Balaban J connectivity index is 0.00000208. The zero-order valence-corrected chi connectivity index (χ0v) is 13.2. The van der Waals surface area contributed by atoms with E-state index in [1.54, 1.807) is 4.90 Å². The molecule has 0 spiro atoms. The van der Waals surface area contributed by atoms with Crippen LogP contribution in [0.3, 0.4) is 0 Å². The first-order valence-electron chi connectivity index (χ1n) is 6.99. The lowest BCUT2D eigenvalue weighted by molar-refractivity contribution is -0.137. The number of nitrogens with zero attached hydrogens (tertiary/aromatic N) is 4. The summed E-state index contributed by atoms with van der Waals surface area (Å²) in [5.74, 6) is -0.323. The van der Waals surface area contributed by atoms with Crippen LogP contribution in [-0.2, 0) is 6.18 Å². The number of carbonyl (C=O) groups excluding carboxylic acids is 1. The molecule has 0 saturated carbocycles. The normalized spacial score (nSPS) is 17.7. The van der Waals surface area contributed by atoms with Crippen LogP contribution in [0.5, 0.6) is 0 Å². The van der Waals surface area contributed by atoms with Gasteiger partial charge in [-0.05, 0) is 24.6 Å². The largest absolute Gasteiger partial charge is 0.416 e. The quantitative estimate of drug-likeness (QED) is 0.886. The number of rotatable bonds is 2. The van der Waals surface area contributed by atoms with Crippen LogP contribution in [0.15, 0.2) is 30.5 Å². The summed E-state index contributed by atoms with van der Waals surface area (Å²) in [7, 11) is 0. The highest BCUT2D eigenvalue weighted by Gasteiger charge is 2.31. The van der Waals surface area contributed by atoms with Crippen LogP contribution in [0.2, 0.25) is 0 Å². The number of aromatic nitrogens is 3. The number of nitrogens with two attached hydrogens (primary N) is 1. The minimum absolute atomic E-state index is 0. The standard InChI is InChI=1S/C14H14F3N5O.ClH/c15-14(16,17)9-2-1-3-11(6-9)22-8-12(19-20-22)13(23)21-5-4-10(18)7-21;/h1-3,6,8,10H,4-5,7,18H2;1H/t10-;/m1./s1. The topological polar surface area (TPSA) is 77.0 Å². The van der Waals surface area contributed by atoms with Gasteiger partial charge in [0.1, 0.15) is 0 Å². The van der Waals surface area contributed by atoms with Gasteiger partial charge in [0, 0.05) is 19.1 Å². The summed E-state index contributed by atoms with van der Waals surface area (Å²) in [5.41, 5.74) is 5.23. The maximum Gasteiger partial charge on any atom is 0.416 e. The van der Waals surface area contributed by atoms with Crippen molar-refractivity contribution in [2.75, 3.05) is 13.1 Å². The summed E-state index contributed by atoms with van der Waals surface area (Å²) in [5, 5.41) is 7.50. The molecule has 2 N–H and O–H groups in total. The van der Waals surface area contributed by atoms with Gasteiger partial charge in [0.15, 0.2) is 5.69 Å². The third-order valence-electron chi connectivity index (χ3n) is 3.66. The highest BCUT2D eigenvalue weighted by Crippen LogP contribution is 2.30. The van der Waals surface area contributed by atoms with Crippen molar-refractivity contribution in [2.24, 2.45) is 5.73 Å². The molecule has 1 atom stereocenters. The third-order valence-corrected chi connectivity index (χ3v) is 3.66. The van der Waals surface area contributed by atoms with Gasteiger partial charge >= 0.3 is 6.18 Å². The lowest BCUT2D eigenvalue weighted by Gasteiger charge is -2.13. The number of carbonyl (C=O) groups is 1. The first kappa shape index (κ1) is 18.2. The Labute approximate surface area is 141 Å². The van der Waals surface area contributed by atoms with E-state index >= 15 is 0 Å². The number of benzene rings is 1. The lowest BCUT2D eigenvalue weighted by Crippen LogP contribution is -2.32. The monoisotopic (exact) mass is 361 g/mol. The van der Waals surface area contributed by atoms with Gasteiger partial charge in [-0.3, -0.25) is 4.79 Å². The fourth-order valence-corrected chi connectivity index (χ4v) is 2.45. The van der Waals surface area contributed by atoms with Crippen molar-refractivity contribution in [3.63, 3.8) is 0 Å². The van der Waals surface area contributed by atoms with Crippen molar-refractivity contribution in [3.8, 4) is 5.69 Å². The summed E-state index contributed by atoms with van der Waals surface area (Å²) >= 11 is 0. The molecule has 1 amide bonds. The molecule has 24 heavy (non-hydrogen) atoms. The zero-order chi connectivity index (χ0) is 16.6. The number of hydrogen-bond acceptors (Lipinski definition) is 4. The molecule has 1 aliphatic heterocycles. The van der Waals surface area contributed by atoms with Crippen molar-refractivity contribution >= 4 is 18.3 Å². The fraction of sp³-hybridized carbons (Fsp3) is 0.357. The molecule has 2 heterocycles. The minimum Gasteiger partial charge on any atom is -0.336 e. The Bertz CT molecular complexity index is 733. The van der Waals surface area contributed by atoms with Gasteiger partial charge < -0.3 is 10.6 Å². The van der Waals surface area contributed by atoms with E-state index in [0.29, 0.717) is 19.5 Å². The van der Waals surface area contributed by atoms with Crippen LogP contribution in [0.4, 0.5) is 13.2 Å². The molecule has 3 rings (SSSR count). The van der Waals surface area contributed by atoms with Gasteiger partial charge in [0.05, 0.1) is 17.4 Å². The van der Waals surface area contributed by atoms with Crippen molar-refractivity contribution < 1.29 is 18.0 Å². The SMILES string of the molecule is Cl.N[C@@H]1CCN(C(=O)c2cn(-c3cccc(C(F)(F)F)c3)nn2)C1. The molecule has 0 bridgehead atoms. The zero-order valence-electron chi connectivity index (χ0n) is 12.4. The van der Waals surface area contributed by atoms with E-state index in [-0.39, 0.29) is 35.7 Å². The Morgan fingerprint density at radius 1 is 1.33 bits per heavy atom. The second-order valence-electron chi connectivity index (χ2n) is 5.40. The number of likely N-dealkylation sites (tertiary alicyclic amines) is 1. The third kappa shape index (κ3) is 3.68. The van der Waals surface area contributed by atoms with Crippen molar-refractivity contribution in [2.45, 2.75) is 18.6 Å². The Morgan fingerprint density at radius 3 is 2.71 bits per heavy atom. The smallest absolute Gasteiger partial charge is 0.336 e. The minimum atomic E-state index is -4.44. The van der Waals surface area contributed by atoms with Gasteiger partial charge in [0.2, 0.25) is 0 Å². The Morgan fingerprint density at radius 2 is 2.08 bits per heavy atom. The molecule has 10 heteroatoms. The highest BCUT2D eigenvalue weighted by molar-refractivity contribution is 5.92. The van der Waals surface area contributed by atoms with E-state index in [2.05, 4.69) is 10.3 Å². The molecular formula is C14H15ClF3N5O. The molecule has 2 aromatic rings. The first-order valence-corrected chi connectivity index (χ1v) is 6.99. The van der Waals surface area contributed by atoms with Crippen LogP contribution in [0, 0.1) is 0 Å². The van der Waals surface area contributed by atoms with Crippen molar-refractivity contribution in [1.29, 1.82) is 0 Å². The molecular weight excluding hydrogens is 347 g/mol. The van der Waals surface area contributed by atoms with Gasteiger partial charge in [0.25, 0.3) is 5.91 Å². The Hall–Kier alpha value is -2.13. The summed E-state index contributed by atoms with van der Waals surface area (Å²) in [4.78, 5) is 13.8. The number of hydrogen-bond donors (Lipinski definition) is 1. The fourth-order valence-electron chi connectivity index (χ4n) is 2.45. The van der Waals surface area contributed by atoms with Crippen molar-refractivity contribution in [1.82, 2.24) is 19.9 Å². The van der Waals surface area contributed by atoms with Crippen molar-refractivity contribution in [3.05, 3.63) is 41.7 Å². The summed E-state index contributed by atoms with van der Waals surface area (Å²) in [6.45, 7) is 0.978. The predicted octanol–water partition coefficient (Wildman–Crippen LogP) is 1.88. The molecule has 0 radical (unpaired) electrons. The van der Waals surface area contributed by atoms with Gasteiger partial charge in [-0.25, -0.2) is 4.68 Å². The van der Waals surface area contributed by atoms with Crippen LogP contribution in [0.1, 0.15) is 22.5 Å². The van der Waals surface area contributed by atoms with E-state index in [9.17, 15) is 18.0 Å². The van der Waals surface area contributed by atoms with E-state index in [0.717, 1.165) is 16.8 Å². The maximum absolute atomic E-state index is 12.7. The van der Waals surface area contributed by atoms with E-state index < -0.39 is 11.7 Å². The highest BCUT2D eigenvalue weighted by atomic mass is 35.5. The van der Waals surface area contributed by atoms with Gasteiger partial charge in [-0.1, -0.05) is 11.3 Å². The molecule has 1 fully saturated rings. The lowest BCUT2D eigenvalue weighted by atomic mass is 10.2. The number of halogens is 4. The second-order valence-corrected chi connectivity index (χ2v) is 5.40. The average Bonchev–Trinajstić information content (AvgIpc) is 3.15. The van der Waals surface area contributed by atoms with Crippen LogP contribution in [0.25, 0.3) is 5.69 Å². The first-order chi connectivity index (χ1) is 10.8. The van der Waals surface area contributed by atoms with E-state index in [4.69, 9.17) is 5.73 Å². The molecule has 130 valence electrons. The molecule has 6 nitrogen and oxygen atoms in total. The van der Waals surface area contributed by atoms with Gasteiger partial charge in [-0.2, -0.15) is 13.2 Å². The summed E-state index contributed by atoms with van der Waals surface area (Å²) in [6.07, 6.45) is -2.41.